The van der Waals surface area contributed by atoms with Crippen LogP contribution in [0.4, 0.5) is 4.39 Å². The summed E-state index contributed by atoms with van der Waals surface area (Å²) in [6.07, 6.45) is 0. The van der Waals surface area contributed by atoms with Gasteiger partial charge < -0.3 is 4.74 Å². The molecule has 6 heteroatoms. The topological polar surface area (TPSA) is 39.9 Å². The Bertz CT molecular complexity index is 790. The summed E-state index contributed by atoms with van der Waals surface area (Å²) in [6.45, 7) is 4.02. The highest BCUT2D eigenvalue weighted by Gasteiger charge is 2.15. The molecule has 0 bridgehead atoms. The molecule has 3 aromatic rings. The Hall–Kier alpha value is -2.18. The van der Waals surface area contributed by atoms with E-state index in [0.717, 1.165) is 27.9 Å². The summed E-state index contributed by atoms with van der Waals surface area (Å²) in [7, 11) is 0. The molecule has 25 heavy (non-hydrogen) atoms. The second kappa shape index (κ2) is 8.78. The highest BCUT2D eigenvalue weighted by atomic mass is 32.2. The molecule has 0 unspecified atom stereocenters. The lowest BCUT2D eigenvalue weighted by Crippen LogP contribution is -2.05. The zero-order valence-corrected chi connectivity index (χ0v) is 14.9. The van der Waals surface area contributed by atoms with Gasteiger partial charge in [0, 0.05) is 17.9 Å². The number of benzene rings is 2. The van der Waals surface area contributed by atoms with Crippen LogP contribution in [0.2, 0.25) is 0 Å². The van der Waals surface area contributed by atoms with Gasteiger partial charge in [-0.3, -0.25) is 4.57 Å². The lowest BCUT2D eigenvalue weighted by Gasteiger charge is -2.10. The van der Waals surface area contributed by atoms with Gasteiger partial charge in [0.25, 0.3) is 0 Å². The number of rotatable bonds is 8. The molecule has 0 radical (unpaired) electrons. The zero-order chi connectivity index (χ0) is 17.5. The fraction of sp³-hybridized carbons (Fsp3) is 0.263. The van der Waals surface area contributed by atoms with E-state index >= 15 is 0 Å². The minimum absolute atomic E-state index is 0.260. The molecule has 3 rings (SSSR count). The van der Waals surface area contributed by atoms with Crippen molar-refractivity contribution in [3.05, 3.63) is 66.0 Å². The van der Waals surface area contributed by atoms with Crippen LogP contribution >= 0.6 is 11.8 Å². The Labute approximate surface area is 151 Å². The first kappa shape index (κ1) is 17.6. The van der Waals surface area contributed by atoms with Crippen molar-refractivity contribution in [1.29, 1.82) is 0 Å². The fourth-order valence-electron chi connectivity index (χ4n) is 2.45. The molecular weight excluding hydrogens is 337 g/mol. The molecule has 130 valence electrons. The number of halogens is 1. The maximum absolute atomic E-state index is 13.2. The van der Waals surface area contributed by atoms with Crippen LogP contribution in [-0.2, 0) is 11.3 Å². The van der Waals surface area contributed by atoms with Gasteiger partial charge >= 0.3 is 0 Å². The third kappa shape index (κ3) is 4.67. The number of hydrogen-bond donors (Lipinski definition) is 0. The first-order valence-electron chi connectivity index (χ1n) is 8.21. The van der Waals surface area contributed by atoms with Crippen molar-refractivity contribution < 1.29 is 9.13 Å². The molecule has 2 aromatic carbocycles. The van der Waals surface area contributed by atoms with Crippen LogP contribution in [0.5, 0.6) is 0 Å². The summed E-state index contributed by atoms with van der Waals surface area (Å²) in [6, 6.07) is 16.5. The molecule has 1 aromatic heterocycles. The van der Waals surface area contributed by atoms with Crippen LogP contribution in [0, 0.1) is 5.82 Å². The molecule has 0 fully saturated rings. The van der Waals surface area contributed by atoms with E-state index < -0.39 is 0 Å². The molecule has 0 aliphatic rings. The monoisotopic (exact) mass is 357 g/mol. The van der Waals surface area contributed by atoms with Crippen LogP contribution in [0.3, 0.4) is 0 Å². The number of hydrogen-bond acceptors (Lipinski definition) is 4. The highest BCUT2D eigenvalue weighted by molar-refractivity contribution is 7.99. The first-order chi connectivity index (χ1) is 12.3. The Morgan fingerprint density at radius 3 is 2.52 bits per heavy atom. The Morgan fingerprint density at radius 1 is 1.04 bits per heavy atom. The van der Waals surface area contributed by atoms with Gasteiger partial charge in [0.15, 0.2) is 11.0 Å². The van der Waals surface area contributed by atoms with Crippen molar-refractivity contribution in [2.45, 2.75) is 18.6 Å². The largest absolute Gasteiger partial charge is 0.381 e. The number of aromatic nitrogens is 3. The van der Waals surface area contributed by atoms with Crippen molar-refractivity contribution in [3.8, 4) is 11.4 Å². The molecule has 0 aliphatic carbocycles. The smallest absolute Gasteiger partial charge is 0.191 e. The second-order valence-electron chi connectivity index (χ2n) is 5.43. The molecule has 0 amide bonds. The lowest BCUT2D eigenvalue weighted by molar-refractivity contribution is 0.164. The molecule has 0 saturated heterocycles. The molecule has 0 aliphatic heterocycles. The molecule has 0 atom stereocenters. The fourth-order valence-corrected chi connectivity index (χ4v) is 3.24. The van der Waals surface area contributed by atoms with E-state index in [2.05, 4.69) is 26.9 Å². The Kier molecular flexibility index (Phi) is 6.19. The van der Waals surface area contributed by atoms with Crippen molar-refractivity contribution in [2.75, 3.05) is 19.0 Å². The van der Waals surface area contributed by atoms with Gasteiger partial charge in [0.1, 0.15) is 5.82 Å². The summed E-state index contributed by atoms with van der Waals surface area (Å²) in [5.41, 5.74) is 2.01. The summed E-state index contributed by atoms with van der Waals surface area (Å²) in [5, 5.41) is 9.51. The molecule has 0 spiro atoms. The number of thioether (sulfide) groups is 1. The van der Waals surface area contributed by atoms with E-state index in [1.807, 2.05) is 25.1 Å². The van der Waals surface area contributed by atoms with Crippen molar-refractivity contribution in [3.63, 3.8) is 0 Å². The SMILES string of the molecule is CCOCCSc1nnc(-c2ccc(F)cc2)n1Cc1ccccc1. The van der Waals surface area contributed by atoms with E-state index in [0.29, 0.717) is 19.8 Å². The number of nitrogens with zero attached hydrogens (tertiary/aromatic N) is 3. The van der Waals surface area contributed by atoms with Gasteiger partial charge in [-0.15, -0.1) is 10.2 Å². The predicted octanol–water partition coefficient (Wildman–Crippen LogP) is 4.26. The van der Waals surface area contributed by atoms with E-state index in [-0.39, 0.29) is 5.82 Å². The second-order valence-corrected chi connectivity index (χ2v) is 6.49. The summed E-state index contributed by atoms with van der Waals surface area (Å²) >= 11 is 1.62. The molecular formula is C19H20FN3OS. The highest BCUT2D eigenvalue weighted by Crippen LogP contribution is 2.25. The molecule has 4 nitrogen and oxygen atoms in total. The number of ether oxygens (including phenoxy) is 1. The summed E-state index contributed by atoms with van der Waals surface area (Å²) in [4.78, 5) is 0. The van der Waals surface area contributed by atoms with E-state index in [9.17, 15) is 4.39 Å². The standard InChI is InChI=1S/C19H20FN3OS/c1-2-24-12-13-25-19-22-21-18(16-8-10-17(20)11-9-16)23(19)14-15-6-4-3-5-7-15/h3-11H,2,12-14H2,1H3. The van der Waals surface area contributed by atoms with Gasteiger partial charge in [-0.1, -0.05) is 42.1 Å². The maximum atomic E-state index is 13.2. The van der Waals surface area contributed by atoms with Crippen LogP contribution in [0.25, 0.3) is 11.4 Å². The Morgan fingerprint density at radius 2 is 1.80 bits per heavy atom. The van der Waals surface area contributed by atoms with Crippen LogP contribution in [0.15, 0.2) is 59.8 Å². The average Bonchev–Trinajstić information content (AvgIpc) is 3.03. The minimum atomic E-state index is -0.260. The van der Waals surface area contributed by atoms with Crippen molar-refractivity contribution in [1.82, 2.24) is 14.8 Å². The van der Waals surface area contributed by atoms with E-state index in [1.165, 1.54) is 12.1 Å². The maximum Gasteiger partial charge on any atom is 0.191 e. The average molecular weight is 357 g/mol. The van der Waals surface area contributed by atoms with Crippen LogP contribution in [-0.4, -0.2) is 33.7 Å². The van der Waals surface area contributed by atoms with Gasteiger partial charge in [0.2, 0.25) is 0 Å². The Balaban J connectivity index is 1.88. The third-order valence-electron chi connectivity index (χ3n) is 3.67. The van der Waals surface area contributed by atoms with Crippen LogP contribution < -0.4 is 0 Å². The zero-order valence-electron chi connectivity index (χ0n) is 14.1. The molecule has 0 saturated carbocycles. The third-order valence-corrected chi connectivity index (χ3v) is 4.60. The van der Waals surface area contributed by atoms with Gasteiger partial charge in [0.05, 0.1) is 13.2 Å². The van der Waals surface area contributed by atoms with Crippen LogP contribution in [0.1, 0.15) is 12.5 Å². The van der Waals surface area contributed by atoms with Crippen molar-refractivity contribution >= 4 is 11.8 Å². The molecule has 1 heterocycles. The molecule has 0 N–H and O–H groups in total. The van der Waals surface area contributed by atoms with E-state index in [4.69, 9.17) is 4.74 Å². The summed E-state index contributed by atoms with van der Waals surface area (Å²) < 4.78 is 20.7. The van der Waals surface area contributed by atoms with E-state index in [1.54, 1.807) is 23.9 Å². The lowest BCUT2D eigenvalue weighted by atomic mass is 10.2. The predicted molar refractivity (Wildman–Crippen MR) is 98.2 cm³/mol. The first-order valence-corrected chi connectivity index (χ1v) is 9.20. The van der Waals surface area contributed by atoms with Gasteiger partial charge in [-0.05, 0) is 36.8 Å². The van der Waals surface area contributed by atoms with Gasteiger partial charge in [-0.2, -0.15) is 0 Å². The normalized spacial score (nSPS) is 11.0. The summed E-state index contributed by atoms with van der Waals surface area (Å²) in [5.74, 6) is 1.29. The van der Waals surface area contributed by atoms with Gasteiger partial charge in [-0.25, -0.2) is 4.39 Å². The quantitative estimate of drug-likeness (QED) is 0.446. The minimum Gasteiger partial charge on any atom is -0.381 e. The van der Waals surface area contributed by atoms with Crippen molar-refractivity contribution in [2.24, 2.45) is 0 Å².